The smallest absolute Gasteiger partial charge is 0.250 e. The largest absolute Gasteiger partial charge is 0.396 e. The molecule has 1 heterocycles. The van der Waals surface area contributed by atoms with Gasteiger partial charge in [0.25, 0.3) is 5.91 Å². The van der Waals surface area contributed by atoms with Gasteiger partial charge in [-0.1, -0.05) is 11.6 Å². The lowest BCUT2D eigenvalue weighted by Gasteiger charge is -2.40. The van der Waals surface area contributed by atoms with Gasteiger partial charge in [-0.2, -0.15) is 0 Å². The number of nitrogens with two attached hydrogens (primary N) is 1. The van der Waals surface area contributed by atoms with Crippen LogP contribution in [0.1, 0.15) is 10.4 Å². The predicted molar refractivity (Wildman–Crippen MR) is 68.8 cm³/mol. The highest BCUT2D eigenvalue weighted by atomic mass is 35.5. The Bertz CT molecular complexity index is 455. The Morgan fingerprint density at radius 2 is 2.28 bits per heavy atom. The van der Waals surface area contributed by atoms with Gasteiger partial charge in [0.15, 0.2) is 0 Å². The SMILES string of the molecule is NC(=O)c1cc(Cl)ccc1NCC1(CO)COC1. The normalized spacial score (nSPS) is 17.0. The first-order chi connectivity index (χ1) is 8.56. The number of hydrogen-bond acceptors (Lipinski definition) is 4. The van der Waals surface area contributed by atoms with Crippen LogP contribution in [0, 0.1) is 5.41 Å². The molecule has 18 heavy (non-hydrogen) atoms. The van der Waals surface area contributed by atoms with E-state index in [0.29, 0.717) is 36.0 Å². The molecule has 0 spiro atoms. The Kier molecular flexibility index (Phi) is 3.75. The number of halogens is 1. The minimum absolute atomic E-state index is 0.0412. The predicted octanol–water partition coefficient (Wildman–Crippen LogP) is 0.860. The summed E-state index contributed by atoms with van der Waals surface area (Å²) in [5.41, 5.74) is 5.98. The number of benzene rings is 1. The van der Waals surface area contributed by atoms with Crippen LogP contribution in [0.2, 0.25) is 5.02 Å². The van der Waals surface area contributed by atoms with Crippen molar-refractivity contribution in [1.29, 1.82) is 0 Å². The highest BCUT2D eigenvalue weighted by Gasteiger charge is 2.38. The Morgan fingerprint density at radius 3 is 2.78 bits per heavy atom. The molecular formula is C12H15ClN2O3. The van der Waals surface area contributed by atoms with E-state index < -0.39 is 5.91 Å². The number of aliphatic hydroxyl groups excluding tert-OH is 1. The number of ether oxygens (including phenoxy) is 1. The quantitative estimate of drug-likeness (QED) is 0.741. The molecule has 1 aromatic rings. The van der Waals surface area contributed by atoms with Crippen LogP contribution in [0.5, 0.6) is 0 Å². The van der Waals surface area contributed by atoms with E-state index in [1.165, 1.54) is 6.07 Å². The molecule has 0 aliphatic carbocycles. The summed E-state index contributed by atoms with van der Waals surface area (Å²) in [6.45, 7) is 1.58. The summed E-state index contributed by atoms with van der Waals surface area (Å²) in [4.78, 5) is 11.3. The molecule has 5 nitrogen and oxygen atoms in total. The zero-order chi connectivity index (χ0) is 13.2. The van der Waals surface area contributed by atoms with Gasteiger partial charge in [0.1, 0.15) is 0 Å². The van der Waals surface area contributed by atoms with E-state index in [1.807, 2.05) is 0 Å². The first-order valence-electron chi connectivity index (χ1n) is 5.58. The summed E-state index contributed by atoms with van der Waals surface area (Å²) in [6, 6.07) is 4.90. The van der Waals surface area contributed by atoms with Crippen molar-refractivity contribution >= 4 is 23.2 Å². The molecule has 1 fully saturated rings. The van der Waals surface area contributed by atoms with Crippen molar-refractivity contribution in [3.05, 3.63) is 28.8 Å². The summed E-state index contributed by atoms with van der Waals surface area (Å²) in [7, 11) is 0. The van der Waals surface area contributed by atoms with E-state index in [2.05, 4.69) is 5.32 Å². The lowest BCUT2D eigenvalue weighted by atomic mass is 9.87. The lowest BCUT2D eigenvalue weighted by molar-refractivity contribution is -0.128. The molecule has 0 aromatic heterocycles. The second-order valence-corrected chi connectivity index (χ2v) is 5.00. The van der Waals surface area contributed by atoms with E-state index in [9.17, 15) is 9.90 Å². The molecule has 0 bridgehead atoms. The molecule has 0 atom stereocenters. The fraction of sp³-hybridized carbons (Fsp3) is 0.417. The zero-order valence-corrected chi connectivity index (χ0v) is 10.5. The lowest BCUT2D eigenvalue weighted by Crippen LogP contribution is -2.50. The number of nitrogens with one attached hydrogen (secondary N) is 1. The summed E-state index contributed by atoms with van der Waals surface area (Å²) in [5, 5.41) is 12.9. The maximum atomic E-state index is 11.3. The molecular weight excluding hydrogens is 256 g/mol. The maximum absolute atomic E-state index is 11.3. The van der Waals surface area contributed by atoms with E-state index >= 15 is 0 Å². The van der Waals surface area contributed by atoms with Crippen LogP contribution >= 0.6 is 11.6 Å². The van der Waals surface area contributed by atoms with Crippen molar-refractivity contribution in [3.8, 4) is 0 Å². The number of carbonyl (C=O) groups is 1. The van der Waals surface area contributed by atoms with Gasteiger partial charge in [-0.3, -0.25) is 4.79 Å². The molecule has 98 valence electrons. The third kappa shape index (κ3) is 2.58. The molecule has 0 radical (unpaired) electrons. The van der Waals surface area contributed by atoms with E-state index in [0.717, 1.165) is 0 Å². The van der Waals surface area contributed by atoms with Gasteiger partial charge in [0, 0.05) is 17.3 Å². The van der Waals surface area contributed by atoms with E-state index in [1.54, 1.807) is 12.1 Å². The van der Waals surface area contributed by atoms with Crippen LogP contribution in [0.15, 0.2) is 18.2 Å². The number of rotatable bonds is 5. The first kappa shape index (κ1) is 13.1. The van der Waals surface area contributed by atoms with Gasteiger partial charge in [0.2, 0.25) is 0 Å². The van der Waals surface area contributed by atoms with Crippen molar-refractivity contribution in [2.24, 2.45) is 11.1 Å². The number of amides is 1. The molecule has 0 saturated carbocycles. The summed E-state index contributed by atoms with van der Waals surface area (Å²) < 4.78 is 5.10. The van der Waals surface area contributed by atoms with Crippen molar-refractivity contribution in [2.75, 3.05) is 31.7 Å². The molecule has 4 N–H and O–H groups in total. The third-order valence-electron chi connectivity index (χ3n) is 3.05. The van der Waals surface area contributed by atoms with Crippen LogP contribution < -0.4 is 11.1 Å². The summed E-state index contributed by atoms with van der Waals surface area (Å²) in [6.07, 6.45) is 0. The van der Waals surface area contributed by atoms with Crippen molar-refractivity contribution in [3.63, 3.8) is 0 Å². The van der Waals surface area contributed by atoms with E-state index in [4.69, 9.17) is 22.1 Å². The average Bonchev–Trinajstić information content (AvgIpc) is 2.29. The Labute approximate surface area is 110 Å². The number of hydrogen-bond donors (Lipinski definition) is 3. The molecule has 6 heteroatoms. The molecule has 0 unspecified atom stereocenters. The Morgan fingerprint density at radius 1 is 1.56 bits per heavy atom. The minimum atomic E-state index is -0.539. The summed E-state index contributed by atoms with van der Waals surface area (Å²) in [5.74, 6) is -0.539. The fourth-order valence-electron chi connectivity index (χ4n) is 1.80. The Balaban J connectivity index is 2.11. The van der Waals surface area contributed by atoms with Gasteiger partial charge < -0.3 is 20.9 Å². The van der Waals surface area contributed by atoms with E-state index in [-0.39, 0.29) is 12.0 Å². The van der Waals surface area contributed by atoms with Crippen molar-refractivity contribution in [2.45, 2.75) is 0 Å². The average molecular weight is 271 g/mol. The molecule has 1 aliphatic rings. The third-order valence-corrected chi connectivity index (χ3v) is 3.29. The second-order valence-electron chi connectivity index (χ2n) is 4.56. The molecule has 1 amide bonds. The van der Waals surface area contributed by atoms with Crippen LogP contribution in [0.3, 0.4) is 0 Å². The maximum Gasteiger partial charge on any atom is 0.250 e. The van der Waals surface area contributed by atoms with Gasteiger partial charge in [-0.05, 0) is 18.2 Å². The van der Waals surface area contributed by atoms with Crippen LogP contribution in [-0.2, 0) is 4.74 Å². The van der Waals surface area contributed by atoms with Gasteiger partial charge in [-0.15, -0.1) is 0 Å². The zero-order valence-electron chi connectivity index (χ0n) is 9.78. The van der Waals surface area contributed by atoms with Crippen LogP contribution in [0.4, 0.5) is 5.69 Å². The topological polar surface area (TPSA) is 84.6 Å². The number of aliphatic hydroxyl groups is 1. The van der Waals surface area contributed by atoms with Gasteiger partial charge in [-0.25, -0.2) is 0 Å². The first-order valence-corrected chi connectivity index (χ1v) is 5.96. The minimum Gasteiger partial charge on any atom is -0.396 e. The molecule has 1 saturated heterocycles. The second kappa shape index (κ2) is 5.14. The fourth-order valence-corrected chi connectivity index (χ4v) is 1.97. The molecule has 2 rings (SSSR count). The molecule has 1 aliphatic heterocycles. The highest BCUT2D eigenvalue weighted by Crippen LogP contribution is 2.28. The number of primary amides is 1. The Hall–Kier alpha value is -1.30. The molecule has 1 aromatic carbocycles. The number of anilines is 1. The standard InChI is InChI=1S/C12H15ClN2O3/c13-8-1-2-10(9(3-8)11(14)17)15-4-12(5-16)6-18-7-12/h1-3,15-16H,4-7H2,(H2,14,17). The van der Waals surface area contributed by atoms with Crippen molar-refractivity contribution in [1.82, 2.24) is 0 Å². The van der Waals surface area contributed by atoms with Gasteiger partial charge in [0.05, 0.1) is 30.8 Å². The van der Waals surface area contributed by atoms with Crippen LogP contribution in [-0.4, -0.2) is 37.4 Å². The monoisotopic (exact) mass is 270 g/mol. The van der Waals surface area contributed by atoms with Crippen molar-refractivity contribution < 1.29 is 14.6 Å². The highest BCUT2D eigenvalue weighted by molar-refractivity contribution is 6.31. The summed E-state index contributed by atoms with van der Waals surface area (Å²) >= 11 is 5.82. The van der Waals surface area contributed by atoms with Gasteiger partial charge >= 0.3 is 0 Å². The number of carbonyl (C=O) groups excluding carboxylic acids is 1. The van der Waals surface area contributed by atoms with Crippen LogP contribution in [0.25, 0.3) is 0 Å².